The molecule has 0 bridgehead atoms. The molecular weight excluding hydrogens is 379 g/mol. The van der Waals surface area contributed by atoms with Gasteiger partial charge in [0.1, 0.15) is 5.75 Å². The zero-order valence-corrected chi connectivity index (χ0v) is 15.4. The fourth-order valence-electron chi connectivity index (χ4n) is 2.47. The summed E-state index contributed by atoms with van der Waals surface area (Å²) in [6.07, 6.45) is -0.884. The number of hydrogen-bond donors (Lipinski definition) is 0. The Kier molecular flexibility index (Phi) is 5.15. The lowest BCUT2D eigenvalue weighted by Gasteiger charge is -2.21. The molecule has 0 spiro atoms. The van der Waals surface area contributed by atoms with E-state index < -0.39 is 12.2 Å². The van der Waals surface area contributed by atoms with Crippen molar-refractivity contribution in [2.24, 2.45) is 5.10 Å². The van der Waals surface area contributed by atoms with Gasteiger partial charge in [-0.25, -0.2) is 0 Å². The van der Waals surface area contributed by atoms with Gasteiger partial charge < -0.3 is 9.47 Å². The minimum Gasteiger partial charge on any atom is -0.445 e. The lowest BCUT2D eigenvalue weighted by atomic mass is 10.1. The molecule has 26 heavy (non-hydrogen) atoms. The van der Waals surface area contributed by atoms with Crippen LogP contribution in [0, 0.1) is 0 Å². The summed E-state index contributed by atoms with van der Waals surface area (Å²) in [5.41, 5.74) is 0.983. The molecule has 134 valence electrons. The van der Waals surface area contributed by atoms with Crippen LogP contribution in [-0.2, 0) is 14.3 Å². The van der Waals surface area contributed by atoms with E-state index in [9.17, 15) is 9.59 Å². The van der Waals surface area contributed by atoms with Crippen molar-refractivity contribution in [2.75, 3.05) is 0 Å². The van der Waals surface area contributed by atoms with Gasteiger partial charge in [0, 0.05) is 18.9 Å². The number of nitrogens with zero attached hydrogens (tertiary/aromatic N) is 2. The molecule has 1 amide bonds. The number of carbonyl (C=O) groups excluding carboxylic acids is 2. The highest BCUT2D eigenvalue weighted by molar-refractivity contribution is 6.36. The van der Waals surface area contributed by atoms with Crippen LogP contribution < -0.4 is 4.74 Å². The van der Waals surface area contributed by atoms with Crippen LogP contribution in [0.25, 0.3) is 0 Å². The lowest BCUT2D eigenvalue weighted by molar-refractivity contribution is -0.135. The maximum atomic E-state index is 12.1. The van der Waals surface area contributed by atoms with Gasteiger partial charge in [-0.2, -0.15) is 5.01 Å². The number of benzene rings is 2. The highest BCUT2D eigenvalue weighted by atomic mass is 35.5. The largest absolute Gasteiger partial charge is 0.445 e. The number of halogens is 2. The Morgan fingerprint density at radius 3 is 2.54 bits per heavy atom. The molecule has 1 heterocycles. The third kappa shape index (κ3) is 3.66. The Bertz CT molecular complexity index is 914. The summed E-state index contributed by atoms with van der Waals surface area (Å²) in [6, 6.07) is 11.6. The van der Waals surface area contributed by atoms with E-state index in [1.807, 2.05) is 0 Å². The second-order valence-corrected chi connectivity index (χ2v) is 6.34. The highest BCUT2D eigenvalue weighted by Gasteiger charge is 2.35. The Morgan fingerprint density at radius 1 is 1.15 bits per heavy atom. The average molecular weight is 393 g/mol. The Morgan fingerprint density at radius 2 is 1.88 bits per heavy atom. The van der Waals surface area contributed by atoms with Gasteiger partial charge >= 0.3 is 5.97 Å². The van der Waals surface area contributed by atoms with E-state index >= 15 is 0 Å². The maximum absolute atomic E-state index is 12.1. The van der Waals surface area contributed by atoms with E-state index in [1.165, 1.54) is 18.9 Å². The van der Waals surface area contributed by atoms with Gasteiger partial charge in [-0.15, -0.1) is 5.10 Å². The molecule has 2 aromatic rings. The molecule has 0 radical (unpaired) electrons. The van der Waals surface area contributed by atoms with Crippen molar-refractivity contribution in [1.29, 1.82) is 0 Å². The fourth-order valence-corrected chi connectivity index (χ4v) is 2.96. The molecule has 0 saturated carbocycles. The predicted octanol–water partition coefficient (Wildman–Crippen LogP) is 4.16. The second-order valence-electron chi connectivity index (χ2n) is 5.49. The van der Waals surface area contributed by atoms with Gasteiger partial charge in [-0.1, -0.05) is 35.3 Å². The summed E-state index contributed by atoms with van der Waals surface area (Å²) in [5.74, 6) is -0.362. The van der Waals surface area contributed by atoms with Crippen LogP contribution in [0.5, 0.6) is 5.75 Å². The molecule has 0 unspecified atom stereocenters. The second kappa shape index (κ2) is 7.35. The Balaban J connectivity index is 2.00. The normalized spacial score (nSPS) is 16.1. The van der Waals surface area contributed by atoms with E-state index in [-0.39, 0.29) is 17.6 Å². The van der Waals surface area contributed by atoms with Gasteiger partial charge in [-0.3, -0.25) is 9.59 Å². The molecule has 1 aliphatic rings. The first-order chi connectivity index (χ1) is 12.4. The number of esters is 1. The van der Waals surface area contributed by atoms with Crippen molar-refractivity contribution in [3.05, 3.63) is 63.6 Å². The number of para-hydroxylation sites is 1. The topological polar surface area (TPSA) is 68.2 Å². The predicted molar refractivity (Wildman–Crippen MR) is 97.1 cm³/mol. The minimum absolute atomic E-state index is 0.171. The zero-order valence-electron chi connectivity index (χ0n) is 13.9. The van der Waals surface area contributed by atoms with E-state index in [1.54, 1.807) is 42.5 Å². The van der Waals surface area contributed by atoms with E-state index in [2.05, 4.69) is 5.10 Å². The van der Waals surface area contributed by atoms with Crippen LogP contribution in [0.3, 0.4) is 0 Å². The molecular formula is C18H14Cl2N2O4. The van der Waals surface area contributed by atoms with Crippen molar-refractivity contribution in [3.8, 4) is 5.75 Å². The summed E-state index contributed by atoms with van der Waals surface area (Å²) < 4.78 is 11.1. The standard InChI is InChI=1S/C18H14Cl2N2O4/c1-10(23)22-18(14-5-3-4-6-16(14)25-11(2)24)26-17(21-22)13-8-7-12(19)9-15(13)20/h3-9,18H,1-2H3/t18-/m0/s1. The molecule has 0 aromatic heterocycles. The first-order valence-corrected chi connectivity index (χ1v) is 8.40. The van der Waals surface area contributed by atoms with Gasteiger partial charge in [0.2, 0.25) is 18.0 Å². The number of rotatable bonds is 3. The smallest absolute Gasteiger partial charge is 0.308 e. The quantitative estimate of drug-likeness (QED) is 0.580. The molecule has 0 N–H and O–H groups in total. The third-order valence-electron chi connectivity index (χ3n) is 3.57. The van der Waals surface area contributed by atoms with Crippen LogP contribution >= 0.6 is 23.2 Å². The summed E-state index contributed by atoms with van der Waals surface area (Å²) in [5, 5.41) is 6.22. The van der Waals surface area contributed by atoms with E-state index in [0.717, 1.165) is 0 Å². The van der Waals surface area contributed by atoms with Gasteiger partial charge in [-0.05, 0) is 30.3 Å². The zero-order chi connectivity index (χ0) is 18.8. The van der Waals surface area contributed by atoms with Crippen molar-refractivity contribution in [2.45, 2.75) is 20.1 Å². The number of carbonyl (C=O) groups is 2. The summed E-state index contributed by atoms with van der Waals surface area (Å²) in [4.78, 5) is 23.4. The molecule has 1 aliphatic heterocycles. The number of hydrogen-bond acceptors (Lipinski definition) is 5. The highest BCUT2D eigenvalue weighted by Crippen LogP contribution is 2.36. The maximum Gasteiger partial charge on any atom is 0.308 e. The van der Waals surface area contributed by atoms with Crippen molar-refractivity contribution >= 4 is 41.0 Å². The average Bonchev–Trinajstić information content (AvgIpc) is 3.00. The fraction of sp³-hybridized carbons (Fsp3) is 0.167. The third-order valence-corrected chi connectivity index (χ3v) is 4.11. The molecule has 8 heteroatoms. The van der Waals surface area contributed by atoms with Crippen LogP contribution in [0.1, 0.15) is 31.2 Å². The van der Waals surface area contributed by atoms with Crippen molar-refractivity contribution in [3.63, 3.8) is 0 Å². The minimum atomic E-state index is -0.884. The van der Waals surface area contributed by atoms with Crippen molar-refractivity contribution < 1.29 is 19.1 Å². The number of amides is 1. The van der Waals surface area contributed by atoms with Crippen LogP contribution in [0.2, 0.25) is 10.0 Å². The molecule has 6 nitrogen and oxygen atoms in total. The SMILES string of the molecule is CC(=O)Oc1ccccc1[C@@H]1OC(c2ccc(Cl)cc2Cl)=NN1C(C)=O. The lowest BCUT2D eigenvalue weighted by Crippen LogP contribution is -2.26. The number of ether oxygens (including phenoxy) is 2. The first-order valence-electron chi connectivity index (χ1n) is 7.64. The van der Waals surface area contributed by atoms with Crippen molar-refractivity contribution in [1.82, 2.24) is 5.01 Å². The summed E-state index contributed by atoms with van der Waals surface area (Å²) in [6.45, 7) is 2.66. The molecule has 0 fully saturated rings. The van der Waals surface area contributed by atoms with E-state index in [0.29, 0.717) is 21.2 Å². The Hall–Kier alpha value is -2.57. The first kappa shape index (κ1) is 18.2. The van der Waals surface area contributed by atoms with Crippen LogP contribution in [0.15, 0.2) is 47.6 Å². The molecule has 0 aliphatic carbocycles. The van der Waals surface area contributed by atoms with Gasteiger partial charge in [0.15, 0.2) is 0 Å². The molecule has 2 aromatic carbocycles. The number of hydrazone groups is 1. The van der Waals surface area contributed by atoms with Crippen LogP contribution in [0.4, 0.5) is 0 Å². The molecule has 1 atom stereocenters. The van der Waals surface area contributed by atoms with Gasteiger partial charge in [0.25, 0.3) is 0 Å². The van der Waals surface area contributed by atoms with E-state index in [4.69, 9.17) is 32.7 Å². The summed E-state index contributed by atoms with van der Waals surface area (Å²) in [7, 11) is 0. The monoisotopic (exact) mass is 392 g/mol. The van der Waals surface area contributed by atoms with Crippen LogP contribution in [-0.4, -0.2) is 22.8 Å². The van der Waals surface area contributed by atoms with Gasteiger partial charge in [0.05, 0.1) is 16.1 Å². The summed E-state index contributed by atoms with van der Waals surface area (Å²) >= 11 is 12.1. The molecule has 3 rings (SSSR count). The Labute approximate surface area is 159 Å². The molecule has 0 saturated heterocycles.